The molecule has 0 aliphatic rings. The molecule has 0 bridgehead atoms. The van der Waals surface area contributed by atoms with Crippen LogP contribution in [0.2, 0.25) is 0 Å². The Bertz CT molecular complexity index is 628. The standard InChI is InChI=1S/C17H20BrNO2/c1-11-4-5-12(10-17(11)21-3)15(19)9-13-8-14(18)6-7-16(13)20-2/h4-8,10,15H,9,19H2,1-3H3. The molecule has 2 aromatic carbocycles. The van der Waals surface area contributed by atoms with Crippen LogP contribution in [-0.4, -0.2) is 14.2 Å². The molecule has 0 saturated heterocycles. The molecule has 0 aliphatic heterocycles. The largest absolute Gasteiger partial charge is 0.496 e. The van der Waals surface area contributed by atoms with E-state index < -0.39 is 0 Å². The molecule has 0 amide bonds. The molecular formula is C17H20BrNO2. The summed E-state index contributed by atoms with van der Waals surface area (Å²) in [5, 5.41) is 0. The van der Waals surface area contributed by atoms with Crippen molar-refractivity contribution in [2.24, 2.45) is 5.73 Å². The quantitative estimate of drug-likeness (QED) is 0.886. The Balaban J connectivity index is 2.25. The van der Waals surface area contributed by atoms with Crippen LogP contribution in [0, 0.1) is 6.92 Å². The number of aryl methyl sites for hydroxylation is 1. The van der Waals surface area contributed by atoms with Crippen LogP contribution in [0.15, 0.2) is 40.9 Å². The molecule has 0 spiro atoms. The zero-order chi connectivity index (χ0) is 15.4. The van der Waals surface area contributed by atoms with Crippen LogP contribution in [0.3, 0.4) is 0 Å². The molecule has 21 heavy (non-hydrogen) atoms. The van der Waals surface area contributed by atoms with Crippen LogP contribution in [0.1, 0.15) is 22.7 Å². The van der Waals surface area contributed by atoms with Crippen molar-refractivity contribution in [1.82, 2.24) is 0 Å². The van der Waals surface area contributed by atoms with Crippen molar-refractivity contribution >= 4 is 15.9 Å². The summed E-state index contributed by atoms with van der Waals surface area (Å²) in [5.41, 5.74) is 9.59. The molecule has 112 valence electrons. The van der Waals surface area contributed by atoms with Gasteiger partial charge < -0.3 is 15.2 Å². The first-order chi connectivity index (χ1) is 10.0. The summed E-state index contributed by atoms with van der Waals surface area (Å²) < 4.78 is 11.8. The smallest absolute Gasteiger partial charge is 0.122 e. The first kappa shape index (κ1) is 15.9. The minimum absolute atomic E-state index is 0.109. The fourth-order valence-corrected chi connectivity index (χ4v) is 2.74. The van der Waals surface area contributed by atoms with E-state index >= 15 is 0 Å². The van der Waals surface area contributed by atoms with Crippen LogP contribution < -0.4 is 15.2 Å². The average Bonchev–Trinajstić information content (AvgIpc) is 2.48. The molecule has 2 rings (SSSR count). The van der Waals surface area contributed by atoms with Crippen molar-refractivity contribution in [3.05, 3.63) is 57.6 Å². The summed E-state index contributed by atoms with van der Waals surface area (Å²) in [6.07, 6.45) is 0.703. The Kier molecular flexibility index (Phi) is 5.26. The van der Waals surface area contributed by atoms with E-state index in [1.165, 1.54) is 0 Å². The lowest BCUT2D eigenvalue weighted by atomic mass is 9.98. The van der Waals surface area contributed by atoms with E-state index in [1.54, 1.807) is 14.2 Å². The summed E-state index contributed by atoms with van der Waals surface area (Å²) in [7, 11) is 3.35. The van der Waals surface area contributed by atoms with Crippen LogP contribution in [0.25, 0.3) is 0 Å². The van der Waals surface area contributed by atoms with Crippen molar-refractivity contribution in [2.45, 2.75) is 19.4 Å². The fourth-order valence-electron chi connectivity index (χ4n) is 2.33. The van der Waals surface area contributed by atoms with Crippen LogP contribution in [0.4, 0.5) is 0 Å². The maximum Gasteiger partial charge on any atom is 0.122 e. The Morgan fingerprint density at radius 1 is 1.05 bits per heavy atom. The van der Waals surface area contributed by atoms with Gasteiger partial charge >= 0.3 is 0 Å². The molecule has 0 aliphatic carbocycles. The second kappa shape index (κ2) is 6.96. The highest BCUT2D eigenvalue weighted by molar-refractivity contribution is 9.10. The first-order valence-corrected chi connectivity index (χ1v) is 7.57. The molecule has 1 atom stereocenters. The van der Waals surface area contributed by atoms with Crippen molar-refractivity contribution in [1.29, 1.82) is 0 Å². The summed E-state index contributed by atoms with van der Waals surface area (Å²) in [6, 6.07) is 11.9. The Morgan fingerprint density at radius 2 is 1.76 bits per heavy atom. The Labute approximate surface area is 134 Å². The lowest BCUT2D eigenvalue weighted by molar-refractivity contribution is 0.407. The number of methoxy groups -OCH3 is 2. The highest BCUT2D eigenvalue weighted by atomic mass is 79.9. The molecule has 0 heterocycles. The number of hydrogen-bond acceptors (Lipinski definition) is 3. The summed E-state index contributed by atoms with van der Waals surface area (Å²) in [5.74, 6) is 1.72. The van der Waals surface area contributed by atoms with Crippen LogP contribution >= 0.6 is 15.9 Å². The van der Waals surface area contributed by atoms with Gasteiger partial charge in [-0.05, 0) is 54.3 Å². The highest BCUT2D eigenvalue weighted by Crippen LogP contribution is 2.29. The number of nitrogens with two attached hydrogens (primary N) is 1. The van der Waals surface area contributed by atoms with Gasteiger partial charge in [0.05, 0.1) is 14.2 Å². The Hall–Kier alpha value is -1.52. The number of rotatable bonds is 5. The van der Waals surface area contributed by atoms with E-state index in [-0.39, 0.29) is 6.04 Å². The monoisotopic (exact) mass is 349 g/mol. The molecule has 0 saturated carbocycles. The lowest BCUT2D eigenvalue weighted by Crippen LogP contribution is -2.14. The van der Waals surface area contributed by atoms with E-state index in [0.29, 0.717) is 6.42 Å². The maximum absolute atomic E-state index is 6.35. The summed E-state index contributed by atoms with van der Waals surface area (Å²) >= 11 is 3.49. The molecular weight excluding hydrogens is 330 g/mol. The van der Waals surface area contributed by atoms with Crippen LogP contribution in [0.5, 0.6) is 11.5 Å². The number of ether oxygens (including phenoxy) is 2. The normalized spacial score (nSPS) is 12.0. The van der Waals surface area contributed by atoms with Gasteiger partial charge in [0.1, 0.15) is 11.5 Å². The van der Waals surface area contributed by atoms with Crippen molar-refractivity contribution < 1.29 is 9.47 Å². The Morgan fingerprint density at radius 3 is 2.43 bits per heavy atom. The second-order valence-corrected chi connectivity index (χ2v) is 5.91. The van der Waals surface area contributed by atoms with Gasteiger partial charge in [0.25, 0.3) is 0 Å². The third kappa shape index (κ3) is 3.77. The topological polar surface area (TPSA) is 44.5 Å². The summed E-state index contributed by atoms with van der Waals surface area (Å²) in [4.78, 5) is 0. The third-order valence-corrected chi connectivity index (χ3v) is 4.04. The van der Waals surface area contributed by atoms with Gasteiger partial charge in [-0.2, -0.15) is 0 Å². The predicted molar refractivity (Wildman–Crippen MR) is 89.1 cm³/mol. The van der Waals surface area contributed by atoms with E-state index in [1.807, 2.05) is 43.3 Å². The number of hydrogen-bond donors (Lipinski definition) is 1. The molecule has 0 aromatic heterocycles. The predicted octanol–water partition coefficient (Wildman–Crippen LogP) is 4.02. The number of halogens is 1. The fraction of sp³-hybridized carbons (Fsp3) is 0.294. The zero-order valence-corrected chi connectivity index (χ0v) is 14.1. The molecule has 3 nitrogen and oxygen atoms in total. The third-order valence-electron chi connectivity index (χ3n) is 3.54. The van der Waals surface area contributed by atoms with Gasteiger partial charge in [0.2, 0.25) is 0 Å². The van der Waals surface area contributed by atoms with Gasteiger partial charge in [-0.15, -0.1) is 0 Å². The van der Waals surface area contributed by atoms with Gasteiger partial charge in [0, 0.05) is 10.5 Å². The van der Waals surface area contributed by atoms with E-state index in [9.17, 15) is 0 Å². The SMILES string of the molecule is COc1cc(C(N)Cc2cc(Br)ccc2OC)ccc1C. The van der Waals surface area contributed by atoms with Crippen molar-refractivity contribution in [3.8, 4) is 11.5 Å². The zero-order valence-electron chi connectivity index (χ0n) is 12.5. The minimum Gasteiger partial charge on any atom is -0.496 e. The van der Waals surface area contributed by atoms with Gasteiger partial charge in [-0.25, -0.2) is 0 Å². The van der Waals surface area contributed by atoms with E-state index in [2.05, 4.69) is 15.9 Å². The van der Waals surface area contributed by atoms with E-state index in [4.69, 9.17) is 15.2 Å². The molecule has 2 aromatic rings. The lowest BCUT2D eigenvalue weighted by Gasteiger charge is -2.16. The maximum atomic E-state index is 6.35. The molecule has 1 unspecified atom stereocenters. The molecule has 0 fully saturated rings. The van der Waals surface area contributed by atoms with Crippen LogP contribution in [-0.2, 0) is 6.42 Å². The van der Waals surface area contributed by atoms with Crippen molar-refractivity contribution in [2.75, 3.05) is 14.2 Å². The van der Waals surface area contributed by atoms with Gasteiger partial charge in [-0.1, -0.05) is 28.1 Å². The molecule has 0 radical (unpaired) electrons. The summed E-state index contributed by atoms with van der Waals surface area (Å²) in [6.45, 7) is 2.02. The second-order valence-electron chi connectivity index (χ2n) is 5.00. The minimum atomic E-state index is -0.109. The number of benzene rings is 2. The molecule has 2 N–H and O–H groups in total. The van der Waals surface area contributed by atoms with E-state index in [0.717, 1.165) is 32.7 Å². The first-order valence-electron chi connectivity index (χ1n) is 6.77. The van der Waals surface area contributed by atoms with Gasteiger partial charge in [0.15, 0.2) is 0 Å². The van der Waals surface area contributed by atoms with Gasteiger partial charge in [-0.3, -0.25) is 0 Å². The molecule has 4 heteroatoms. The average molecular weight is 350 g/mol. The van der Waals surface area contributed by atoms with Crippen molar-refractivity contribution in [3.63, 3.8) is 0 Å². The highest BCUT2D eigenvalue weighted by Gasteiger charge is 2.13.